The van der Waals surface area contributed by atoms with E-state index < -0.39 is 22.0 Å². The number of hydrogen-bond acceptors (Lipinski definition) is 5. The molecule has 0 aliphatic carbocycles. The maximum atomic E-state index is 13.3. The van der Waals surface area contributed by atoms with Gasteiger partial charge in [0.05, 0.1) is 23.7 Å². The minimum absolute atomic E-state index is 0.128. The van der Waals surface area contributed by atoms with Gasteiger partial charge < -0.3 is 14.8 Å². The maximum absolute atomic E-state index is 13.3. The SMILES string of the molecule is O=C(NCCOc1ccc(F)cc1)[C@@H]1CN(S(=O)(=O)c2ccccc2)c2ccccc2O1. The zero-order valence-electron chi connectivity index (χ0n) is 17.0. The van der Waals surface area contributed by atoms with Crippen LogP contribution >= 0.6 is 0 Å². The van der Waals surface area contributed by atoms with Gasteiger partial charge >= 0.3 is 0 Å². The number of para-hydroxylation sites is 2. The first-order valence-electron chi connectivity index (χ1n) is 9.95. The van der Waals surface area contributed by atoms with Crippen LogP contribution in [0, 0.1) is 5.82 Å². The predicted octanol–water partition coefficient (Wildman–Crippen LogP) is 2.98. The summed E-state index contributed by atoms with van der Waals surface area (Å²) < 4.78 is 51.9. The highest BCUT2D eigenvalue weighted by Gasteiger charge is 2.37. The van der Waals surface area contributed by atoms with Crippen molar-refractivity contribution >= 4 is 21.6 Å². The van der Waals surface area contributed by atoms with E-state index >= 15 is 0 Å². The molecule has 1 N–H and O–H groups in total. The summed E-state index contributed by atoms with van der Waals surface area (Å²) in [6.07, 6.45) is -1.03. The van der Waals surface area contributed by atoms with Crippen LogP contribution in [0.4, 0.5) is 10.1 Å². The Kier molecular flexibility index (Phi) is 6.27. The van der Waals surface area contributed by atoms with Crippen LogP contribution < -0.4 is 19.1 Å². The lowest BCUT2D eigenvalue weighted by atomic mass is 10.2. The first kappa shape index (κ1) is 21.6. The topological polar surface area (TPSA) is 84.9 Å². The minimum Gasteiger partial charge on any atom is -0.492 e. The number of anilines is 1. The number of rotatable bonds is 7. The van der Waals surface area contributed by atoms with Gasteiger partial charge in [-0.05, 0) is 48.5 Å². The lowest BCUT2D eigenvalue weighted by molar-refractivity contribution is -0.127. The van der Waals surface area contributed by atoms with Crippen molar-refractivity contribution in [3.05, 3.63) is 84.7 Å². The van der Waals surface area contributed by atoms with E-state index in [4.69, 9.17) is 9.47 Å². The molecular weight excluding hydrogens is 435 g/mol. The molecule has 1 heterocycles. The average Bonchev–Trinajstić information content (AvgIpc) is 2.82. The molecule has 166 valence electrons. The molecule has 0 aromatic heterocycles. The van der Waals surface area contributed by atoms with Gasteiger partial charge in [0.15, 0.2) is 6.10 Å². The average molecular weight is 456 g/mol. The molecule has 1 aliphatic heterocycles. The number of amides is 1. The van der Waals surface area contributed by atoms with E-state index in [2.05, 4.69) is 5.32 Å². The predicted molar refractivity (Wildman–Crippen MR) is 117 cm³/mol. The lowest BCUT2D eigenvalue weighted by Gasteiger charge is -2.34. The first-order valence-corrected chi connectivity index (χ1v) is 11.4. The van der Waals surface area contributed by atoms with Crippen LogP contribution in [0.25, 0.3) is 0 Å². The van der Waals surface area contributed by atoms with Crippen LogP contribution in [0.3, 0.4) is 0 Å². The molecule has 0 radical (unpaired) electrons. The molecule has 4 rings (SSSR count). The van der Waals surface area contributed by atoms with E-state index in [0.717, 1.165) is 0 Å². The molecule has 0 saturated carbocycles. The van der Waals surface area contributed by atoms with E-state index in [1.165, 1.54) is 40.7 Å². The second-order valence-electron chi connectivity index (χ2n) is 7.02. The summed E-state index contributed by atoms with van der Waals surface area (Å²) in [6.45, 7) is 0.161. The quantitative estimate of drug-likeness (QED) is 0.553. The highest BCUT2D eigenvalue weighted by Crippen LogP contribution is 2.36. The molecule has 0 unspecified atom stereocenters. The summed E-state index contributed by atoms with van der Waals surface area (Å²) in [6, 6.07) is 20.3. The molecule has 32 heavy (non-hydrogen) atoms. The van der Waals surface area contributed by atoms with Crippen LogP contribution in [-0.4, -0.2) is 40.1 Å². The van der Waals surface area contributed by atoms with E-state index in [0.29, 0.717) is 17.2 Å². The fourth-order valence-electron chi connectivity index (χ4n) is 3.27. The molecule has 1 aliphatic rings. The van der Waals surface area contributed by atoms with E-state index in [9.17, 15) is 17.6 Å². The van der Waals surface area contributed by atoms with Crippen LogP contribution in [0.5, 0.6) is 11.5 Å². The number of nitrogens with one attached hydrogen (secondary N) is 1. The summed E-state index contributed by atoms with van der Waals surface area (Å²) in [5, 5.41) is 2.69. The number of halogens is 1. The summed E-state index contributed by atoms with van der Waals surface area (Å²) in [5.41, 5.74) is 0.375. The van der Waals surface area contributed by atoms with Gasteiger partial charge in [-0.1, -0.05) is 30.3 Å². The van der Waals surface area contributed by atoms with Gasteiger partial charge in [0.1, 0.15) is 23.9 Å². The third-order valence-electron chi connectivity index (χ3n) is 4.84. The normalized spacial score (nSPS) is 15.4. The molecule has 0 bridgehead atoms. The number of benzene rings is 3. The van der Waals surface area contributed by atoms with E-state index in [1.807, 2.05) is 0 Å². The molecule has 9 heteroatoms. The van der Waals surface area contributed by atoms with Gasteiger partial charge in [-0.3, -0.25) is 9.10 Å². The van der Waals surface area contributed by atoms with Crippen molar-refractivity contribution in [2.45, 2.75) is 11.0 Å². The van der Waals surface area contributed by atoms with E-state index in [1.54, 1.807) is 42.5 Å². The number of carbonyl (C=O) groups is 1. The number of carbonyl (C=O) groups excluding carboxylic acids is 1. The summed E-state index contributed by atoms with van der Waals surface area (Å²) >= 11 is 0. The Bertz CT molecular complexity index is 1190. The van der Waals surface area contributed by atoms with E-state index in [-0.39, 0.29) is 30.4 Å². The Morgan fingerprint density at radius 2 is 1.72 bits per heavy atom. The van der Waals surface area contributed by atoms with Gasteiger partial charge in [0.2, 0.25) is 0 Å². The molecule has 0 saturated heterocycles. The highest BCUT2D eigenvalue weighted by atomic mass is 32.2. The number of nitrogens with zero attached hydrogens (tertiary/aromatic N) is 1. The smallest absolute Gasteiger partial charge is 0.264 e. The van der Waals surface area contributed by atoms with Crippen molar-refractivity contribution in [2.24, 2.45) is 0 Å². The van der Waals surface area contributed by atoms with Crippen molar-refractivity contribution < 1.29 is 27.1 Å². The van der Waals surface area contributed by atoms with Crippen LogP contribution in [0.2, 0.25) is 0 Å². The number of hydrogen-bond donors (Lipinski definition) is 1. The Morgan fingerprint density at radius 1 is 1.03 bits per heavy atom. The van der Waals surface area contributed by atoms with Gasteiger partial charge in [0, 0.05) is 0 Å². The highest BCUT2D eigenvalue weighted by molar-refractivity contribution is 7.92. The van der Waals surface area contributed by atoms with Crippen molar-refractivity contribution in [1.29, 1.82) is 0 Å². The zero-order chi connectivity index (χ0) is 22.6. The Labute approximate surface area is 185 Å². The number of ether oxygens (including phenoxy) is 2. The van der Waals surface area contributed by atoms with Crippen molar-refractivity contribution in [1.82, 2.24) is 5.32 Å². The standard InChI is InChI=1S/C23H21FN2O5S/c24-17-10-12-18(13-11-17)30-15-14-25-23(27)22-16-26(20-8-4-5-9-21(20)31-22)32(28,29)19-6-2-1-3-7-19/h1-13,22H,14-16H2,(H,25,27)/t22-/m0/s1. The second-order valence-corrected chi connectivity index (χ2v) is 8.88. The maximum Gasteiger partial charge on any atom is 0.264 e. The third-order valence-corrected chi connectivity index (χ3v) is 6.64. The van der Waals surface area contributed by atoms with Crippen molar-refractivity contribution in [2.75, 3.05) is 24.0 Å². The minimum atomic E-state index is -3.89. The Morgan fingerprint density at radius 3 is 2.47 bits per heavy atom. The van der Waals surface area contributed by atoms with Gasteiger partial charge in [0.25, 0.3) is 15.9 Å². The third kappa shape index (κ3) is 4.67. The fourth-order valence-corrected chi connectivity index (χ4v) is 4.77. The fraction of sp³-hybridized carbons (Fsp3) is 0.174. The lowest BCUT2D eigenvalue weighted by Crippen LogP contribution is -2.51. The number of fused-ring (bicyclic) bond motifs is 1. The molecule has 3 aromatic carbocycles. The summed E-state index contributed by atoms with van der Waals surface area (Å²) in [5.74, 6) is -0.0459. The Hall–Kier alpha value is -3.59. The molecule has 3 aromatic rings. The second kappa shape index (κ2) is 9.27. The molecule has 1 atom stereocenters. The van der Waals surface area contributed by atoms with Gasteiger partial charge in [-0.25, -0.2) is 12.8 Å². The molecule has 1 amide bonds. The first-order chi connectivity index (χ1) is 15.4. The largest absolute Gasteiger partial charge is 0.492 e. The van der Waals surface area contributed by atoms with Crippen LogP contribution in [0.15, 0.2) is 83.8 Å². The van der Waals surface area contributed by atoms with Crippen molar-refractivity contribution in [3.8, 4) is 11.5 Å². The van der Waals surface area contributed by atoms with Gasteiger partial charge in [-0.15, -0.1) is 0 Å². The van der Waals surface area contributed by atoms with Gasteiger partial charge in [-0.2, -0.15) is 0 Å². The summed E-state index contributed by atoms with van der Waals surface area (Å²) in [7, 11) is -3.89. The monoisotopic (exact) mass is 456 g/mol. The van der Waals surface area contributed by atoms with Crippen molar-refractivity contribution in [3.63, 3.8) is 0 Å². The van der Waals surface area contributed by atoms with Crippen LogP contribution in [-0.2, 0) is 14.8 Å². The number of sulfonamides is 1. The summed E-state index contributed by atoms with van der Waals surface area (Å²) in [4.78, 5) is 12.8. The molecule has 0 spiro atoms. The molecule has 7 nitrogen and oxygen atoms in total. The molecule has 0 fully saturated rings. The Balaban J connectivity index is 1.45. The van der Waals surface area contributed by atoms with Crippen LogP contribution in [0.1, 0.15) is 0 Å². The zero-order valence-corrected chi connectivity index (χ0v) is 17.8. The molecular formula is C23H21FN2O5S.